The molecule has 2 aromatic rings. The van der Waals surface area contributed by atoms with E-state index in [9.17, 15) is 4.79 Å². The maximum absolute atomic E-state index is 12.3. The van der Waals surface area contributed by atoms with Crippen molar-refractivity contribution in [2.45, 2.75) is 19.9 Å². The maximum Gasteiger partial charge on any atom is 0.257 e. The third kappa shape index (κ3) is 3.59. The molecule has 1 amide bonds. The molecule has 1 aromatic heterocycles. The number of amides is 1. The highest BCUT2D eigenvalue weighted by atomic mass is 16.1. The number of aryl methyl sites for hydroxylation is 1. The molecule has 1 aliphatic heterocycles. The van der Waals surface area contributed by atoms with Gasteiger partial charge in [-0.25, -0.2) is 4.98 Å². The highest BCUT2D eigenvalue weighted by Crippen LogP contribution is 2.18. The normalized spacial score (nSPS) is 15.8. The Morgan fingerprint density at radius 2 is 1.79 bits per heavy atom. The quantitative estimate of drug-likeness (QED) is 0.935. The molecule has 1 aliphatic rings. The van der Waals surface area contributed by atoms with E-state index in [4.69, 9.17) is 0 Å². The molecule has 128 valence electrons. The van der Waals surface area contributed by atoms with Crippen molar-refractivity contribution >= 4 is 17.5 Å². The Hall–Kier alpha value is -2.34. The van der Waals surface area contributed by atoms with Crippen LogP contribution in [0, 0.1) is 0 Å². The first-order valence-electron chi connectivity index (χ1n) is 8.42. The number of carbonyl (C=O) groups excluding carboxylic acids is 1. The number of nitrogens with one attached hydrogen (secondary N) is 1. The second-order valence-electron chi connectivity index (χ2n) is 6.48. The molecule has 0 aliphatic carbocycles. The number of benzene rings is 1. The number of rotatable bonds is 4. The van der Waals surface area contributed by atoms with E-state index in [0.29, 0.717) is 17.6 Å². The molecule has 3 rings (SSSR count). The van der Waals surface area contributed by atoms with Crippen molar-refractivity contribution < 1.29 is 4.79 Å². The Kier molecular flexibility index (Phi) is 4.85. The van der Waals surface area contributed by atoms with Crippen molar-refractivity contribution in [3.8, 4) is 0 Å². The van der Waals surface area contributed by atoms with Gasteiger partial charge in [0.05, 0.1) is 0 Å². The molecule has 6 nitrogen and oxygen atoms in total. The zero-order chi connectivity index (χ0) is 17.1. The molecule has 1 fully saturated rings. The second kappa shape index (κ2) is 7.05. The van der Waals surface area contributed by atoms with E-state index in [1.54, 1.807) is 17.0 Å². The fourth-order valence-corrected chi connectivity index (χ4v) is 2.98. The summed E-state index contributed by atoms with van der Waals surface area (Å²) in [7, 11) is 1.85. The first-order chi connectivity index (χ1) is 11.5. The van der Waals surface area contributed by atoms with E-state index in [2.05, 4.69) is 33.9 Å². The van der Waals surface area contributed by atoms with Crippen molar-refractivity contribution in [2.75, 3.05) is 36.4 Å². The second-order valence-corrected chi connectivity index (χ2v) is 6.48. The van der Waals surface area contributed by atoms with Gasteiger partial charge >= 0.3 is 0 Å². The zero-order valence-corrected chi connectivity index (χ0v) is 14.6. The molecule has 0 spiro atoms. The Labute approximate surface area is 143 Å². The van der Waals surface area contributed by atoms with Crippen LogP contribution in [0.3, 0.4) is 0 Å². The Morgan fingerprint density at radius 3 is 2.33 bits per heavy atom. The smallest absolute Gasteiger partial charge is 0.257 e. The van der Waals surface area contributed by atoms with Crippen molar-refractivity contribution in [3.63, 3.8) is 0 Å². The first-order valence-corrected chi connectivity index (χ1v) is 8.42. The molecule has 1 N–H and O–H groups in total. The summed E-state index contributed by atoms with van der Waals surface area (Å²) < 4.78 is 1.78. The predicted molar refractivity (Wildman–Crippen MR) is 96.5 cm³/mol. The third-order valence-electron chi connectivity index (χ3n) is 4.59. The standard InChI is InChI=1S/C18H25N5O/c1-14(2)22-10-12-23(13-11-22)16-6-4-15(5-7-16)17(24)20-18-19-8-9-21(18)3/h4-9,14H,10-13H2,1-3H3,(H,19,20,24). The van der Waals surface area contributed by atoms with Crippen LogP contribution in [0.5, 0.6) is 0 Å². The Morgan fingerprint density at radius 1 is 1.12 bits per heavy atom. The highest BCUT2D eigenvalue weighted by Gasteiger charge is 2.19. The summed E-state index contributed by atoms with van der Waals surface area (Å²) in [5.41, 5.74) is 1.81. The lowest BCUT2D eigenvalue weighted by molar-refractivity contribution is 0.102. The van der Waals surface area contributed by atoms with Gasteiger partial charge in [-0.3, -0.25) is 15.0 Å². The number of aromatic nitrogens is 2. The van der Waals surface area contributed by atoms with Crippen LogP contribution in [0.15, 0.2) is 36.7 Å². The van der Waals surface area contributed by atoms with Crippen LogP contribution < -0.4 is 10.2 Å². The first kappa shape index (κ1) is 16.5. The van der Waals surface area contributed by atoms with E-state index in [1.165, 1.54) is 5.69 Å². The monoisotopic (exact) mass is 327 g/mol. The van der Waals surface area contributed by atoms with Crippen molar-refractivity contribution in [1.29, 1.82) is 0 Å². The average molecular weight is 327 g/mol. The summed E-state index contributed by atoms with van der Waals surface area (Å²) in [4.78, 5) is 21.3. The van der Waals surface area contributed by atoms with E-state index in [0.717, 1.165) is 26.2 Å². The van der Waals surface area contributed by atoms with Crippen molar-refractivity contribution in [1.82, 2.24) is 14.5 Å². The van der Waals surface area contributed by atoms with Gasteiger partial charge in [0.25, 0.3) is 5.91 Å². The summed E-state index contributed by atoms with van der Waals surface area (Å²) in [6.07, 6.45) is 3.46. The fourth-order valence-electron chi connectivity index (χ4n) is 2.98. The molecule has 1 saturated heterocycles. The average Bonchev–Trinajstić information content (AvgIpc) is 3.00. The number of hydrogen-bond donors (Lipinski definition) is 1. The molecule has 6 heteroatoms. The third-order valence-corrected chi connectivity index (χ3v) is 4.59. The van der Waals surface area contributed by atoms with E-state index in [-0.39, 0.29) is 5.91 Å². The lowest BCUT2D eigenvalue weighted by Crippen LogP contribution is -2.48. The Balaban J connectivity index is 1.61. The molecular formula is C18H25N5O. The van der Waals surface area contributed by atoms with Gasteiger partial charge < -0.3 is 9.47 Å². The molecule has 24 heavy (non-hydrogen) atoms. The summed E-state index contributed by atoms with van der Waals surface area (Å²) in [5, 5.41) is 2.82. The minimum absolute atomic E-state index is 0.138. The lowest BCUT2D eigenvalue weighted by atomic mass is 10.1. The van der Waals surface area contributed by atoms with Crippen LogP contribution in [0.25, 0.3) is 0 Å². The number of imidazole rings is 1. The molecule has 0 saturated carbocycles. The molecule has 0 radical (unpaired) electrons. The van der Waals surface area contributed by atoms with Crippen molar-refractivity contribution in [3.05, 3.63) is 42.2 Å². The molecule has 0 atom stereocenters. The zero-order valence-electron chi connectivity index (χ0n) is 14.6. The van der Waals surface area contributed by atoms with Crippen LogP contribution in [0.1, 0.15) is 24.2 Å². The largest absolute Gasteiger partial charge is 0.369 e. The van der Waals surface area contributed by atoms with Crippen LogP contribution in [-0.2, 0) is 7.05 Å². The van der Waals surface area contributed by atoms with Crippen LogP contribution in [0.4, 0.5) is 11.6 Å². The molecular weight excluding hydrogens is 302 g/mol. The van der Waals surface area contributed by atoms with Gasteiger partial charge in [0.15, 0.2) is 0 Å². The van der Waals surface area contributed by atoms with Crippen LogP contribution >= 0.6 is 0 Å². The predicted octanol–water partition coefficient (Wildman–Crippen LogP) is 2.20. The van der Waals surface area contributed by atoms with E-state index < -0.39 is 0 Å². The van der Waals surface area contributed by atoms with Gasteiger partial charge in [-0.1, -0.05) is 0 Å². The van der Waals surface area contributed by atoms with Gasteiger partial charge in [0.1, 0.15) is 0 Å². The summed E-state index contributed by atoms with van der Waals surface area (Å²) in [6.45, 7) is 8.70. The number of anilines is 2. The van der Waals surface area contributed by atoms with Crippen LogP contribution in [0.2, 0.25) is 0 Å². The van der Waals surface area contributed by atoms with E-state index >= 15 is 0 Å². The molecule has 1 aromatic carbocycles. The van der Waals surface area contributed by atoms with E-state index in [1.807, 2.05) is 31.3 Å². The van der Waals surface area contributed by atoms with Gasteiger partial charge in [-0.05, 0) is 38.1 Å². The van der Waals surface area contributed by atoms with Crippen molar-refractivity contribution in [2.24, 2.45) is 7.05 Å². The summed E-state index contributed by atoms with van der Waals surface area (Å²) in [6, 6.07) is 8.41. The number of piperazine rings is 1. The molecule has 2 heterocycles. The van der Waals surface area contributed by atoms with Gasteiger partial charge in [-0.15, -0.1) is 0 Å². The summed E-state index contributed by atoms with van der Waals surface area (Å²) >= 11 is 0. The number of hydrogen-bond acceptors (Lipinski definition) is 4. The number of carbonyl (C=O) groups is 1. The number of nitrogens with zero attached hydrogens (tertiary/aromatic N) is 4. The van der Waals surface area contributed by atoms with Gasteiger partial charge in [0, 0.05) is 62.9 Å². The topological polar surface area (TPSA) is 53.4 Å². The molecule has 0 bridgehead atoms. The highest BCUT2D eigenvalue weighted by molar-refractivity contribution is 6.03. The minimum atomic E-state index is -0.138. The summed E-state index contributed by atoms with van der Waals surface area (Å²) in [5.74, 6) is 0.411. The van der Waals surface area contributed by atoms with Gasteiger partial charge in [-0.2, -0.15) is 0 Å². The minimum Gasteiger partial charge on any atom is -0.369 e. The lowest BCUT2D eigenvalue weighted by Gasteiger charge is -2.38. The fraction of sp³-hybridized carbons (Fsp3) is 0.444. The Bertz CT molecular complexity index is 684. The van der Waals surface area contributed by atoms with Gasteiger partial charge in [0.2, 0.25) is 5.95 Å². The maximum atomic E-state index is 12.3. The molecule has 0 unspecified atom stereocenters. The SMILES string of the molecule is CC(C)N1CCN(c2ccc(C(=O)Nc3nccn3C)cc2)CC1. The van der Waals surface area contributed by atoms with Crippen LogP contribution in [-0.4, -0.2) is 52.6 Å².